The Hall–Kier alpha value is -4.97. The number of methoxy groups -OCH3 is 3. The van der Waals surface area contributed by atoms with Crippen LogP contribution in [0.1, 0.15) is 42.5 Å². The van der Waals surface area contributed by atoms with Crippen LogP contribution in [0.4, 0.5) is 11.4 Å². The van der Waals surface area contributed by atoms with E-state index in [4.69, 9.17) is 14.2 Å². The van der Waals surface area contributed by atoms with E-state index in [9.17, 15) is 19.2 Å². The summed E-state index contributed by atoms with van der Waals surface area (Å²) in [6.45, 7) is 3.31. The number of carbonyl (C=O) groups is 2. The predicted molar refractivity (Wildman–Crippen MR) is 191 cm³/mol. The van der Waals surface area contributed by atoms with Crippen LogP contribution < -0.4 is 41.1 Å². The zero-order valence-corrected chi connectivity index (χ0v) is 28.7. The Balaban J connectivity index is 1.57. The molecule has 0 bridgehead atoms. The third kappa shape index (κ3) is 7.13. The van der Waals surface area contributed by atoms with Crippen LogP contribution in [0.5, 0.6) is 17.2 Å². The van der Waals surface area contributed by atoms with Crippen molar-refractivity contribution < 1.29 is 23.8 Å². The predicted octanol–water partition coefficient (Wildman–Crippen LogP) is 5.19. The molecule has 1 aliphatic rings. The van der Waals surface area contributed by atoms with Crippen LogP contribution >= 0.6 is 11.8 Å². The van der Waals surface area contributed by atoms with Crippen molar-refractivity contribution in [3.63, 3.8) is 0 Å². The summed E-state index contributed by atoms with van der Waals surface area (Å²) in [5, 5.41) is 10.0. The van der Waals surface area contributed by atoms with E-state index in [0.717, 1.165) is 22.1 Å². The fourth-order valence-electron chi connectivity index (χ4n) is 6.26. The Morgan fingerprint density at radius 3 is 2.46 bits per heavy atom. The van der Waals surface area contributed by atoms with Gasteiger partial charge in [0.25, 0.3) is 0 Å². The molecule has 1 aliphatic carbocycles. The van der Waals surface area contributed by atoms with E-state index in [2.05, 4.69) is 20.9 Å². The van der Waals surface area contributed by atoms with E-state index in [1.807, 2.05) is 31.4 Å². The first-order chi connectivity index (χ1) is 23.1. The van der Waals surface area contributed by atoms with Gasteiger partial charge in [-0.05, 0) is 90.8 Å². The molecule has 12 heteroatoms. The largest absolute Gasteiger partial charge is 0.493 e. The van der Waals surface area contributed by atoms with Gasteiger partial charge in [0, 0.05) is 29.6 Å². The molecule has 0 saturated carbocycles. The van der Waals surface area contributed by atoms with E-state index >= 15 is 0 Å². The van der Waals surface area contributed by atoms with Crippen LogP contribution in [0.15, 0.2) is 58.1 Å². The molecular weight excluding hydrogens is 632 g/mol. The SMILES string of the molecule is COc1cc2c(c(OC)c1OC)-c1ccc(NC(CCSC)C(=O)Nc3ccc4c(C)cc(=O)[nH]c4c3)c(=O)cc1C(NC(C)=O)CC2. The molecule has 252 valence electrons. The van der Waals surface area contributed by atoms with Crippen molar-refractivity contribution in [1.29, 1.82) is 0 Å². The molecule has 1 aromatic heterocycles. The molecule has 2 atom stereocenters. The normalized spacial score (nSPS) is 14.2. The van der Waals surface area contributed by atoms with Crippen LogP contribution in [0.2, 0.25) is 0 Å². The number of aromatic amines is 1. The van der Waals surface area contributed by atoms with E-state index in [1.165, 1.54) is 26.2 Å². The van der Waals surface area contributed by atoms with Crippen molar-refractivity contribution in [3.05, 3.63) is 85.8 Å². The average molecular weight is 673 g/mol. The first-order valence-electron chi connectivity index (χ1n) is 15.6. The molecule has 1 heterocycles. The molecule has 2 unspecified atom stereocenters. The Kier molecular flexibility index (Phi) is 10.6. The van der Waals surface area contributed by atoms with Crippen LogP contribution in [0, 0.1) is 6.92 Å². The second kappa shape index (κ2) is 14.8. The summed E-state index contributed by atoms with van der Waals surface area (Å²) in [7, 11) is 4.64. The van der Waals surface area contributed by atoms with Gasteiger partial charge in [0.1, 0.15) is 6.04 Å². The number of nitrogens with one attached hydrogen (secondary N) is 4. The molecular formula is C36H40N4O7S. The molecule has 11 nitrogen and oxygen atoms in total. The number of benzene rings is 2. The number of H-pyrrole nitrogens is 1. The zero-order valence-electron chi connectivity index (χ0n) is 27.9. The summed E-state index contributed by atoms with van der Waals surface area (Å²) in [5.74, 6) is 1.49. The molecule has 4 N–H and O–H groups in total. The van der Waals surface area contributed by atoms with Crippen molar-refractivity contribution >= 4 is 45.9 Å². The lowest BCUT2D eigenvalue weighted by atomic mass is 9.95. The summed E-state index contributed by atoms with van der Waals surface area (Å²) in [6, 6.07) is 12.6. The maximum Gasteiger partial charge on any atom is 0.248 e. The third-order valence-electron chi connectivity index (χ3n) is 8.49. The van der Waals surface area contributed by atoms with Crippen molar-refractivity contribution in [2.75, 3.05) is 44.0 Å². The van der Waals surface area contributed by atoms with Crippen molar-refractivity contribution in [1.82, 2.24) is 10.3 Å². The number of hydrogen-bond donors (Lipinski definition) is 4. The Bertz CT molecular complexity index is 1990. The van der Waals surface area contributed by atoms with Gasteiger partial charge in [-0.15, -0.1) is 0 Å². The molecule has 3 aromatic carbocycles. The quantitative estimate of drug-likeness (QED) is 0.169. The number of rotatable bonds is 11. The maximum atomic E-state index is 13.9. The number of carbonyl (C=O) groups excluding carboxylic acids is 2. The first-order valence-corrected chi connectivity index (χ1v) is 16.9. The molecule has 2 amide bonds. The Labute approximate surface area is 282 Å². The highest BCUT2D eigenvalue weighted by Gasteiger charge is 2.30. The number of aryl methyl sites for hydroxylation is 2. The lowest BCUT2D eigenvalue weighted by molar-refractivity contribution is -0.120. The van der Waals surface area contributed by atoms with Gasteiger partial charge >= 0.3 is 0 Å². The minimum Gasteiger partial charge on any atom is -0.493 e. The summed E-state index contributed by atoms with van der Waals surface area (Å²) >= 11 is 1.59. The van der Waals surface area contributed by atoms with Gasteiger partial charge in [0.15, 0.2) is 11.5 Å². The lowest BCUT2D eigenvalue weighted by Crippen LogP contribution is -2.36. The minimum absolute atomic E-state index is 0.222. The minimum atomic E-state index is -0.753. The highest BCUT2D eigenvalue weighted by molar-refractivity contribution is 7.98. The van der Waals surface area contributed by atoms with Crippen molar-refractivity contribution in [3.8, 4) is 28.4 Å². The summed E-state index contributed by atoms with van der Waals surface area (Å²) in [5.41, 5.74) is 4.60. The highest BCUT2D eigenvalue weighted by Crippen LogP contribution is 2.50. The topological polar surface area (TPSA) is 148 Å². The molecule has 4 aromatic rings. The molecule has 0 saturated heterocycles. The zero-order chi connectivity index (χ0) is 34.5. The molecule has 0 fully saturated rings. The number of ether oxygens (including phenoxy) is 3. The van der Waals surface area contributed by atoms with E-state index in [-0.39, 0.29) is 28.5 Å². The second-order valence-electron chi connectivity index (χ2n) is 11.6. The van der Waals surface area contributed by atoms with E-state index in [0.29, 0.717) is 64.6 Å². The molecule has 0 aliphatic heterocycles. The average Bonchev–Trinajstić information content (AvgIpc) is 3.29. The Morgan fingerprint density at radius 2 is 1.77 bits per heavy atom. The summed E-state index contributed by atoms with van der Waals surface area (Å²) in [6.07, 6.45) is 3.50. The molecule has 0 radical (unpaired) electrons. The van der Waals surface area contributed by atoms with Crippen LogP contribution in [0.25, 0.3) is 22.0 Å². The molecule has 48 heavy (non-hydrogen) atoms. The Morgan fingerprint density at radius 1 is 1.00 bits per heavy atom. The van der Waals surface area contributed by atoms with Gasteiger partial charge in [-0.2, -0.15) is 11.8 Å². The monoisotopic (exact) mass is 672 g/mol. The van der Waals surface area contributed by atoms with Crippen LogP contribution in [-0.2, 0) is 16.0 Å². The van der Waals surface area contributed by atoms with Gasteiger partial charge in [0.05, 0.1) is 38.6 Å². The summed E-state index contributed by atoms with van der Waals surface area (Å²) in [4.78, 5) is 54.8. The number of thioether (sulfide) groups is 1. The van der Waals surface area contributed by atoms with Gasteiger partial charge in [0.2, 0.25) is 28.6 Å². The fourth-order valence-corrected chi connectivity index (χ4v) is 6.73. The van der Waals surface area contributed by atoms with Crippen LogP contribution in [0.3, 0.4) is 0 Å². The first kappa shape index (κ1) is 34.4. The number of fused-ring (bicyclic) bond motifs is 4. The number of hydrogen-bond acceptors (Lipinski definition) is 9. The van der Waals surface area contributed by atoms with Crippen molar-refractivity contribution in [2.24, 2.45) is 0 Å². The summed E-state index contributed by atoms with van der Waals surface area (Å²) < 4.78 is 17.2. The second-order valence-corrected chi connectivity index (χ2v) is 12.6. The number of pyridine rings is 1. The molecule has 5 rings (SSSR count). The number of amides is 2. The van der Waals surface area contributed by atoms with Gasteiger partial charge < -0.3 is 35.1 Å². The van der Waals surface area contributed by atoms with Crippen LogP contribution in [-0.4, -0.2) is 56.2 Å². The third-order valence-corrected chi connectivity index (χ3v) is 9.13. The van der Waals surface area contributed by atoms with Gasteiger partial charge in [-0.3, -0.25) is 19.2 Å². The number of aromatic nitrogens is 1. The highest BCUT2D eigenvalue weighted by atomic mass is 32.2. The van der Waals surface area contributed by atoms with E-state index in [1.54, 1.807) is 44.2 Å². The molecule has 0 spiro atoms. The van der Waals surface area contributed by atoms with Gasteiger partial charge in [-0.25, -0.2) is 0 Å². The number of anilines is 2. The van der Waals surface area contributed by atoms with E-state index < -0.39 is 12.1 Å². The standard InChI is InChI=1S/C36H40N4O7S/c1-19-15-32(43)40-29-17-22(8-9-23(19)29)38-36(44)28(13-14-48-6)39-27-12-10-24-25(18-30(27)42)26(37-20(2)41)11-7-21-16-31(45-3)34(46-4)35(47-5)33(21)24/h8-10,12,15-18,26,28H,7,11,13-14H2,1-6H3,(H,37,41)(H,38,44)(H,39,42)(H,40,43). The smallest absolute Gasteiger partial charge is 0.248 e. The van der Waals surface area contributed by atoms with Crippen molar-refractivity contribution in [2.45, 2.75) is 45.2 Å². The fraction of sp³-hybridized carbons (Fsp3) is 0.333. The lowest BCUT2D eigenvalue weighted by Gasteiger charge is -2.19. The maximum absolute atomic E-state index is 13.9. The van der Waals surface area contributed by atoms with Gasteiger partial charge in [-0.1, -0.05) is 12.1 Å².